The molecule has 0 radical (unpaired) electrons. The van der Waals surface area contributed by atoms with Crippen molar-refractivity contribution in [2.24, 2.45) is 5.73 Å². The molecule has 0 amide bonds. The highest BCUT2D eigenvalue weighted by Gasteiger charge is 2.24. The number of hydrogen-bond acceptors (Lipinski definition) is 6. The lowest BCUT2D eigenvalue weighted by atomic mass is 10.1. The SMILES string of the molecule is CCC(NCCC(N)C(=O)OC(C)(C)C)c1nn2c(Cl)ccc2c(=O)n1Cc1ccccc1. The van der Waals surface area contributed by atoms with Crippen molar-refractivity contribution >= 4 is 23.1 Å². The zero-order chi connectivity index (χ0) is 24.2. The van der Waals surface area contributed by atoms with Gasteiger partial charge in [-0.2, -0.15) is 5.10 Å². The first-order valence-electron chi connectivity index (χ1n) is 11.1. The molecule has 3 N–H and O–H groups in total. The number of hydrogen-bond donors (Lipinski definition) is 2. The molecule has 1 aromatic carbocycles. The van der Waals surface area contributed by atoms with Gasteiger partial charge in [0.1, 0.15) is 28.1 Å². The van der Waals surface area contributed by atoms with Crippen LogP contribution in [0.2, 0.25) is 5.15 Å². The molecule has 2 heterocycles. The monoisotopic (exact) mass is 473 g/mol. The molecule has 3 aromatic rings. The van der Waals surface area contributed by atoms with Crippen LogP contribution in [0.4, 0.5) is 0 Å². The van der Waals surface area contributed by atoms with Crippen molar-refractivity contribution in [3.05, 3.63) is 69.4 Å². The summed E-state index contributed by atoms with van der Waals surface area (Å²) in [6.45, 7) is 8.27. The molecule has 0 aliphatic heterocycles. The summed E-state index contributed by atoms with van der Waals surface area (Å²) in [7, 11) is 0. The molecule has 2 unspecified atom stereocenters. The first kappa shape index (κ1) is 25.0. The number of ether oxygens (including phenoxy) is 1. The number of rotatable bonds is 9. The van der Waals surface area contributed by atoms with Crippen LogP contribution in [-0.4, -0.2) is 38.3 Å². The molecule has 2 atom stereocenters. The highest BCUT2D eigenvalue weighted by molar-refractivity contribution is 6.29. The van der Waals surface area contributed by atoms with E-state index in [1.54, 1.807) is 16.7 Å². The van der Waals surface area contributed by atoms with Gasteiger partial charge in [-0.15, -0.1) is 0 Å². The van der Waals surface area contributed by atoms with E-state index in [4.69, 9.17) is 27.2 Å². The summed E-state index contributed by atoms with van der Waals surface area (Å²) in [6, 6.07) is 12.1. The third kappa shape index (κ3) is 6.22. The molecule has 0 spiro atoms. The van der Waals surface area contributed by atoms with Crippen LogP contribution < -0.4 is 16.6 Å². The molecule has 3 rings (SSSR count). The van der Waals surface area contributed by atoms with E-state index in [0.29, 0.717) is 42.4 Å². The molecule has 0 aliphatic rings. The van der Waals surface area contributed by atoms with Gasteiger partial charge < -0.3 is 15.8 Å². The number of carbonyl (C=O) groups is 1. The first-order chi connectivity index (χ1) is 15.6. The molecular weight excluding hydrogens is 442 g/mol. The molecule has 8 nitrogen and oxygen atoms in total. The van der Waals surface area contributed by atoms with Gasteiger partial charge in [0.15, 0.2) is 0 Å². The highest BCUT2D eigenvalue weighted by Crippen LogP contribution is 2.18. The average molecular weight is 474 g/mol. The molecule has 0 aliphatic carbocycles. The van der Waals surface area contributed by atoms with Crippen molar-refractivity contribution in [1.29, 1.82) is 0 Å². The Morgan fingerprint density at radius 1 is 1.21 bits per heavy atom. The van der Waals surface area contributed by atoms with Gasteiger partial charge in [-0.05, 0) is 57.9 Å². The van der Waals surface area contributed by atoms with Crippen molar-refractivity contribution in [2.75, 3.05) is 6.54 Å². The molecule has 2 aromatic heterocycles. The summed E-state index contributed by atoms with van der Waals surface area (Å²) >= 11 is 6.27. The maximum absolute atomic E-state index is 13.3. The second-order valence-electron chi connectivity index (χ2n) is 9.03. The van der Waals surface area contributed by atoms with Gasteiger partial charge in [-0.3, -0.25) is 14.2 Å². The Labute approximate surface area is 198 Å². The predicted octanol–water partition coefficient (Wildman–Crippen LogP) is 3.30. The van der Waals surface area contributed by atoms with Gasteiger partial charge in [0.25, 0.3) is 5.56 Å². The number of benzene rings is 1. The van der Waals surface area contributed by atoms with Gasteiger partial charge >= 0.3 is 5.97 Å². The van der Waals surface area contributed by atoms with Gasteiger partial charge in [0.05, 0.1) is 12.6 Å². The molecule has 0 bridgehead atoms. The Kier molecular flexibility index (Phi) is 7.94. The van der Waals surface area contributed by atoms with E-state index in [9.17, 15) is 9.59 Å². The second kappa shape index (κ2) is 10.5. The molecule has 0 fully saturated rings. The van der Waals surface area contributed by atoms with Gasteiger partial charge in [0, 0.05) is 0 Å². The van der Waals surface area contributed by atoms with Crippen LogP contribution in [0.25, 0.3) is 5.52 Å². The van der Waals surface area contributed by atoms with Crippen LogP contribution in [0, 0.1) is 0 Å². The molecule has 0 saturated heterocycles. The summed E-state index contributed by atoms with van der Waals surface area (Å²) in [4.78, 5) is 25.5. The van der Waals surface area contributed by atoms with Gasteiger partial charge in [-0.25, -0.2) is 4.52 Å². The van der Waals surface area contributed by atoms with Crippen LogP contribution in [0.3, 0.4) is 0 Å². The summed E-state index contributed by atoms with van der Waals surface area (Å²) in [6.07, 6.45) is 1.06. The lowest BCUT2D eigenvalue weighted by molar-refractivity contribution is -0.156. The van der Waals surface area contributed by atoms with Gasteiger partial charge in [-0.1, -0.05) is 48.9 Å². The van der Waals surface area contributed by atoms with Crippen molar-refractivity contribution in [3.63, 3.8) is 0 Å². The van der Waals surface area contributed by atoms with Gasteiger partial charge in [0.2, 0.25) is 0 Å². The minimum absolute atomic E-state index is 0.165. The van der Waals surface area contributed by atoms with Crippen molar-refractivity contribution in [2.45, 2.75) is 64.8 Å². The Hall–Kier alpha value is -2.68. The Morgan fingerprint density at radius 2 is 1.91 bits per heavy atom. The van der Waals surface area contributed by atoms with Crippen LogP contribution in [0.5, 0.6) is 0 Å². The summed E-state index contributed by atoms with van der Waals surface area (Å²) < 4.78 is 8.50. The topological polar surface area (TPSA) is 104 Å². The maximum atomic E-state index is 13.3. The number of nitrogens with two attached hydrogens (primary N) is 1. The van der Waals surface area contributed by atoms with E-state index in [1.165, 1.54) is 4.52 Å². The number of fused-ring (bicyclic) bond motifs is 1. The number of halogens is 1. The molecule has 33 heavy (non-hydrogen) atoms. The van der Waals surface area contributed by atoms with Crippen molar-refractivity contribution < 1.29 is 9.53 Å². The summed E-state index contributed by atoms with van der Waals surface area (Å²) in [5.41, 5.74) is 6.68. The van der Waals surface area contributed by atoms with Crippen LogP contribution >= 0.6 is 11.6 Å². The number of aromatic nitrogens is 3. The minimum atomic E-state index is -0.741. The van der Waals surface area contributed by atoms with Crippen LogP contribution in [0.15, 0.2) is 47.3 Å². The fourth-order valence-electron chi connectivity index (χ4n) is 3.57. The third-order valence-electron chi connectivity index (χ3n) is 5.21. The van der Waals surface area contributed by atoms with Crippen LogP contribution in [0.1, 0.15) is 58.0 Å². The van der Waals surface area contributed by atoms with E-state index in [2.05, 4.69) is 5.32 Å². The number of nitrogens with zero attached hydrogens (tertiary/aromatic N) is 3. The normalized spacial score (nSPS) is 13.8. The Bertz CT molecular complexity index is 1150. The minimum Gasteiger partial charge on any atom is -0.459 e. The van der Waals surface area contributed by atoms with E-state index >= 15 is 0 Å². The third-order valence-corrected chi connectivity index (χ3v) is 5.50. The quantitative estimate of drug-likeness (QED) is 0.462. The molecular formula is C24H32ClN5O3. The Balaban J connectivity index is 1.85. The predicted molar refractivity (Wildman–Crippen MR) is 129 cm³/mol. The van der Waals surface area contributed by atoms with E-state index in [1.807, 2.05) is 58.0 Å². The molecule has 178 valence electrons. The zero-order valence-electron chi connectivity index (χ0n) is 19.5. The molecule has 9 heteroatoms. The number of carbonyl (C=O) groups excluding carboxylic acids is 1. The summed E-state index contributed by atoms with van der Waals surface area (Å²) in [5, 5.41) is 8.48. The lowest BCUT2D eigenvalue weighted by Gasteiger charge is -2.24. The molecule has 0 saturated carbocycles. The smallest absolute Gasteiger partial charge is 0.323 e. The average Bonchev–Trinajstić information content (AvgIpc) is 3.13. The van der Waals surface area contributed by atoms with E-state index < -0.39 is 17.6 Å². The Morgan fingerprint density at radius 3 is 2.55 bits per heavy atom. The van der Waals surface area contributed by atoms with Crippen molar-refractivity contribution in [1.82, 2.24) is 19.5 Å². The fraction of sp³-hybridized carbons (Fsp3) is 0.458. The number of esters is 1. The van der Waals surface area contributed by atoms with E-state index in [-0.39, 0.29) is 11.6 Å². The standard InChI is InChI=1S/C24H32ClN5O3/c1-5-18(27-14-13-17(26)23(32)33-24(2,3)4)21-28-30-19(11-12-20(30)25)22(31)29(21)15-16-9-7-6-8-10-16/h6-12,17-18,27H,5,13-15,26H2,1-4H3. The lowest BCUT2D eigenvalue weighted by Crippen LogP contribution is -2.40. The zero-order valence-corrected chi connectivity index (χ0v) is 20.3. The summed E-state index contributed by atoms with van der Waals surface area (Å²) in [5.74, 6) is 0.139. The number of nitrogens with one attached hydrogen (secondary N) is 1. The van der Waals surface area contributed by atoms with Crippen molar-refractivity contribution in [3.8, 4) is 0 Å². The maximum Gasteiger partial charge on any atom is 0.323 e. The first-order valence-corrected chi connectivity index (χ1v) is 11.5. The van der Waals surface area contributed by atoms with Crippen LogP contribution in [-0.2, 0) is 16.1 Å². The van der Waals surface area contributed by atoms with E-state index in [0.717, 1.165) is 5.56 Å². The largest absolute Gasteiger partial charge is 0.459 e. The fourth-order valence-corrected chi connectivity index (χ4v) is 3.76. The highest BCUT2D eigenvalue weighted by atomic mass is 35.5. The second-order valence-corrected chi connectivity index (χ2v) is 9.42.